The molecule has 1 aliphatic rings. The first-order valence-electron chi connectivity index (χ1n) is 7.43. The Labute approximate surface area is 139 Å². The molecule has 0 bridgehead atoms. The molecular formula is C15H13F4N3O3. The lowest BCUT2D eigenvalue weighted by atomic mass is 10.1. The van der Waals surface area contributed by atoms with Gasteiger partial charge in [-0.2, -0.15) is 18.2 Å². The molecule has 1 atom stereocenters. The van der Waals surface area contributed by atoms with Crippen LogP contribution in [0.25, 0.3) is 11.4 Å². The summed E-state index contributed by atoms with van der Waals surface area (Å²) in [6.07, 6.45) is -3.88. The van der Waals surface area contributed by atoms with E-state index in [1.54, 1.807) is 0 Å². The van der Waals surface area contributed by atoms with E-state index in [0.717, 1.165) is 12.5 Å². The molecule has 0 saturated carbocycles. The van der Waals surface area contributed by atoms with Crippen molar-refractivity contribution in [3.05, 3.63) is 35.5 Å². The molecule has 0 spiro atoms. The number of carbonyl (C=O) groups is 1. The number of nitrogens with zero attached hydrogens (tertiary/aromatic N) is 2. The number of nitrogens with one attached hydrogen (secondary N) is 1. The molecule has 6 nitrogen and oxygen atoms in total. The van der Waals surface area contributed by atoms with Gasteiger partial charge in [-0.05, 0) is 18.9 Å². The zero-order valence-corrected chi connectivity index (χ0v) is 12.8. The fourth-order valence-electron chi connectivity index (χ4n) is 2.37. The third-order valence-electron chi connectivity index (χ3n) is 3.65. The van der Waals surface area contributed by atoms with Gasteiger partial charge >= 0.3 is 12.1 Å². The fourth-order valence-corrected chi connectivity index (χ4v) is 2.37. The number of aromatic nitrogens is 2. The van der Waals surface area contributed by atoms with E-state index in [-0.39, 0.29) is 29.4 Å². The Kier molecular flexibility index (Phi) is 4.71. The lowest BCUT2D eigenvalue weighted by Crippen LogP contribution is -2.33. The summed E-state index contributed by atoms with van der Waals surface area (Å²) in [5, 5.41) is 5.75. The molecule has 1 amide bonds. The van der Waals surface area contributed by atoms with E-state index in [1.807, 2.05) is 0 Å². The van der Waals surface area contributed by atoms with Crippen LogP contribution >= 0.6 is 0 Å². The monoisotopic (exact) mass is 359 g/mol. The third kappa shape index (κ3) is 3.95. The maximum absolute atomic E-state index is 14.1. The Balaban J connectivity index is 1.68. The van der Waals surface area contributed by atoms with Crippen molar-refractivity contribution in [1.82, 2.24) is 15.5 Å². The molecule has 2 aromatic rings. The Morgan fingerprint density at radius 2 is 2.16 bits per heavy atom. The number of halogens is 4. The SMILES string of the molecule is O=C(NCc1ccc(-c2noc(C(F)(F)F)n2)cc1F)C1CCCO1. The second-order valence-corrected chi connectivity index (χ2v) is 5.45. The first kappa shape index (κ1) is 17.3. The van der Waals surface area contributed by atoms with Gasteiger partial charge in [0.1, 0.15) is 11.9 Å². The van der Waals surface area contributed by atoms with Gasteiger partial charge in [-0.1, -0.05) is 17.3 Å². The normalized spacial score (nSPS) is 17.7. The summed E-state index contributed by atoms with van der Waals surface area (Å²) in [6, 6.07) is 3.67. The van der Waals surface area contributed by atoms with Gasteiger partial charge in [0.15, 0.2) is 0 Å². The van der Waals surface area contributed by atoms with Crippen LogP contribution in [0.4, 0.5) is 17.6 Å². The summed E-state index contributed by atoms with van der Waals surface area (Å²) < 4.78 is 60.8. The first-order valence-corrected chi connectivity index (χ1v) is 7.43. The zero-order valence-electron chi connectivity index (χ0n) is 12.8. The highest BCUT2D eigenvalue weighted by molar-refractivity contribution is 5.80. The minimum atomic E-state index is -4.77. The molecule has 1 aliphatic heterocycles. The van der Waals surface area contributed by atoms with E-state index in [9.17, 15) is 22.4 Å². The van der Waals surface area contributed by atoms with Gasteiger partial charge in [-0.3, -0.25) is 4.79 Å². The highest BCUT2D eigenvalue weighted by Gasteiger charge is 2.38. The van der Waals surface area contributed by atoms with Crippen molar-refractivity contribution >= 4 is 5.91 Å². The van der Waals surface area contributed by atoms with Gasteiger partial charge in [0.2, 0.25) is 11.7 Å². The summed E-state index contributed by atoms with van der Waals surface area (Å²) in [5.41, 5.74) is 0.209. The van der Waals surface area contributed by atoms with Gasteiger partial charge in [0.25, 0.3) is 0 Å². The Morgan fingerprint density at radius 1 is 1.36 bits per heavy atom. The van der Waals surface area contributed by atoms with E-state index in [2.05, 4.69) is 20.0 Å². The first-order chi connectivity index (χ1) is 11.8. The predicted octanol–water partition coefficient (Wildman–Crippen LogP) is 2.69. The molecule has 25 heavy (non-hydrogen) atoms. The summed E-state index contributed by atoms with van der Waals surface area (Å²) in [4.78, 5) is 15.0. The van der Waals surface area contributed by atoms with Gasteiger partial charge in [0.05, 0.1) is 0 Å². The van der Waals surface area contributed by atoms with Crippen LogP contribution in [0.15, 0.2) is 22.7 Å². The molecule has 1 saturated heterocycles. The summed E-state index contributed by atoms with van der Waals surface area (Å²) in [7, 11) is 0. The quantitative estimate of drug-likeness (QED) is 0.850. The molecule has 1 N–H and O–H groups in total. The molecule has 0 radical (unpaired) electrons. The second kappa shape index (κ2) is 6.79. The van der Waals surface area contributed by atoms with Crippen LogP contribution in [0.1, 0.15) is 24.3 Å². The van der Waals surface area contributed by atoms with Crippen LogP contribution in [0, 0.1) is 5.82 Å². The number of amides is 1. The predicted molar refractivity (Wildman–Crippen MR) is 75.5 cm³/mol. The molecule has 0 aliphatic carbocycles. The van der Waals surface area contributed by atoms with Crippen LogP contribution in [-0.2, 0) is 22.3 Å². The van der Waals surface area contributed by atoms with Crippen molar-refractivity contribution in [3.63, 3.8) is 0 Å². The minimum absolute atomic E-state index is 0.0333. The molecule has 1 aromatic carbocycles. The molecular weight excluding hydrogens is 346 g/mol. The number of benzene rings is 1. The van der Waals surface area contributed by atoms with Crippen molar-refractivity contribution in [2.75, 3.05) is 6.61 Å². The van der Waals surface area contributed by atoms with E-state index in [4.69, 9.17) is 4.74 Å². The van der Waals surface area contributed by atoms with Crippen molar-refractivity contribution in [2.45, 2.75) is 31.7 Å². The van der Waals surface area contributed by atoms with E-state index in [1.165, 1.54) is 12.1 Å². The number of carbonyl (C=O) groups excluding carboxylic acids is 1. The van der Waals surface area contributed by atoms with Crippen molar-refractivity contribution < 1.29 is 31.6 Å². The molecule has 134 valence electrons. The smallest absolute Gasteiger partial charge is 0.368 e. The largest absolute Gasteiger partial charge is 0.471 e. The molecule has 1 fully saturated rings. The number of hydrogen-bond acceptors (Lipinski definition) is 5. The minimum Gasteiger partial charge on any atom is -0.368 e. The van der Waals surface area contributed by atoms with Crippen molar-refractivity contribution in [3.8, 4) is 11.4 Å². The number of alkyl halides is 3. The Morgan fingerprint density at radius 3 is 2.76 bits per heavy atom. The van der Waals surface area contributed by atoms with E-state index in [0.29, 0.717) is 13.0 Å². The fraction of sp³-hybridized carbons (Fsp3) is 0.400. The summed E-state index contributed by atoms with van der Waals surface area (Å²) in [5.74, 6) is -2.91. The Bertz CT molecular complexity index is 770. The average Bonchev–Trinajstić information content (AvgIpc) is 3.24. The van der Waals surface area contributed by atoms with Crippen LogP contribution in [0.2, 0.25) is 0 Å². The van der Waals surface area contributed by atoms with Crippen molar-refractivity contribution in [1.29, 1.82) is 0 Å². The lowest BCUT2D eigenvalue weighted by molar-refractivity contribution is -0.159. The molecule has 2 heterocycles. The van der Waals surface area contributed by atoms with Crippen molar-refractivity contribution in [2.24, 2.45) is 0 Å². The van der Waals surface area contributed by atoms with Gasteiger partial charge in [-0.25, -0.2) is 4.39 Å². The van der Waals surface area contributed by atoms with E-state index >= 15 is 0 Å². The summed E-state index contributed by atoms with van der Waals surface area (Å²) in [6.45, 7) is 0.455. The number of hydrogen-bond donors (Lipinski definition) is 1. The maximum Gasteiger partial charge on any atom is 0.471 e. The Hall–Kier alpha value is -2.49. The molecule has 10 heteroatoms. The maximum atomic E-state index is 14.1. The third-order valence-corrected chi connectivity index (χ3v) is 3.65. The van der Waals surface area contributed by atoms with Crippen LogP contribution in [0.5, 0.6) is 0 Å². The second-order valence-electron chi connectivity index (χ2n) is 5.45. The van der Waals surface area contributed by atoms with Crippen LogP contribution in [-0.4, -0.2) is 28.8 Å². The summed E-state index contributed by atoms with van der Waals surface area (Å²) >= 11 is 0. The van der Waals surface area contributed by atoms with E-state index < -0.39 is 24.0 Å². The zero-order chi connectivity index (χ0) is 18.0. The topological polar surface area (TPSA) is 77.3 Å². The lowest BCUT2D eigenvalue weighted by Gasteiger charge is -2.11. The highest BCUT2D eigenvalue weighted by Crippen LogP contribution is 2.29. The molecule has 1 aromatic heterocycles. The van der Waals surface area contributed by atoms with Gasteiger partial charge < -0.3 is 14.6 Å². The van der Waals surface area contributed by atoms with Crippen LogP contribution < -0.4 is 5.32 Å². The van der Waals surface area contributed by atoms with Gasteiger partial charge in [-0.15, -0.1) is 0 Å². The number of ether oxygens (including phenoxy) is 1. The molecule has 1 unspecified atom stereocenters. The standard InChI is InChI=1S/C15H13F4N3O3/c16-10-6-8(12-21-14(25-22-12)15(17,18)19)3-4-9(10)7-20-13(23)11-2-1-5-24-11/h3-4,6,11H,1-2,5,7H2,(H,20,23). The molecule has 3 rings (SSSR count). The highest BCUT2D eigenvalue weighted by atomic mass is 19.4. The average molecular weight is 359 g/mol. The number of rotatable bonds is 4. The van der Waals surface area contributed by atoms with Crippen LogP contribution in [0.3, 0.4) is 0 Å². The van der Waals surface area contributed by atoms with Gasteiger partial charge in [0, 0.05) is 24.3 Å².